The number of aryl methyl sites for hydroxylation is 2. The Balaban J connectivity index is 1.74. The first kappa shape index (κ1) is 13.6. The van der Waals surface area contributed by atoms with Gasteiger partial charge in [-0.25, -0.2) is 0 Å². The first-order valence-corrected chi connectivity index (χ1v) is 6.65. The molecule has 0 aliphatic heterocycles. The number of benzene rings is 1. The number of phenolic OH excluding ortho intramolecular Hbond substituents is 1. The quantitative estimate of drug-likeness (QED) is 0.747. The number of phenols is 1. The molecule has 2 aromatic rings. The van der Waals surface area contributed by atoms with E-state index in [1.165, 1.54) is 11.1 Å². The lowest BCUT2D eigenvalue weighted by atomic mass is 10.1. The second kappa shape index (κ2) is 6.38. The van der Waals surface area contributed by atoms with E-state index in [1.54, 1.807) is 12.1 Å². The van der Waals surface area contributed by atoms with E-state index in [2.05, 4.69) is 22.4 Å². The van der Waals surface area contributed by atoms with Gasteiger partial charge in [-0.15, -0.1) is 0 Å². The van der Waals surface area contributed by atoms with Crippen molar-refractivity contribution in [2.24, 2.45) is 0 Å². The van der Waals surface area contributed by atoms with E-state index in [0.717, 1.165) is 25.1 Å². The lowest BCUT2D eigenvalue weighted by Gasteiger charge is -2.13. The number of aromatic nitrogens is 2. The van der Waals surface area contributed by atoms with E-state index in [-0.39, 0.29) is 0 Å². The number of H-pyrrole nitrogens is 1. The maximum absolute atomic E-state index is 9.23. The third-order valence-corrected chi connectivity index (χ3v) is 3.38. The zero-order chi connectivity index (χ0) is 13.7. The Kier molecular flexibility index (Phi) is 4.58. The second-order valence-electron chi connectivity index (χ2n) is 5.01. The minimum absolute atomic E-state index is 0.324. The highest BCUT2D eigenvalue weighted by Crippen LogP contribution is 2.12. The topological polar surface area (TPSA) is 60.9 Å². The minimum Gasteiger partial charge on any atom is -0.508 e. The summed E-state index contributed by atoms with van der Waals surface area (Å²) in [5.74, 6) is 0.324. The van der Waals surface area contributed by atoms with Crippen molar-refractivity contribution in [2.45, 2.75) is 39.3 Å². The number of nitrogens with zero attached hydrogens (tertiary/aromatic N) is 1. The van der Waals surface area contributed by atoms with E-state index in [0.29, 0.717) is 11.8 Å². The van der Waals surface area contributed by atoms with Crippen molar-refractivity contribution in [3.05, 3.63) is 47.3 Å². The fraction of sp³-hybridized carbons (Fsp3) is 0.400. The predicted octanol–water partition coefficient (Wildman–Crippen LogP) is 2.53. The summed E-state index contributed by atoms with van der Waals surface area (Å²) in [5.41, 5.74) is 3.60. The van der Waals surface area contributed by atoms with Crippen LogP contribution in [0.15, 0.2) is 30.5 Å². The molecule has 1 aromatic carbocycles. The maximum atomic E-state index is 9.23. The van der Waals surface area contributed by atoms with Crippen molar-refractivity contribution in [3.63, 3.8) is 0 Å². The normalized spacial score (nSPS) is 12.5. The molecule has 19 heavy (non-hydrogen) atoms. The monoisotopic (exact) mass is 259 g/mol. The van der Waals surface area contributed by atoms with Crippen LogP contribution in [0.1, 0.15) is 30.2 Å². The highest BCUT2D eigenvalue weighted by molar-refractivity contribution is 5.25. The van der Waals surface area contributed by atoms with E-state index < -0.39 is 0 Å². The minimum atomic E-state index is 0.324. The van der Waals surface area contributed by atoms with Crippen LogP contribution in [0.2, 0.25) is 0 Å². The first-order valence-electron chi connectivity index (χ1n) is 6.65. The molecular weight excluding hydrogens is 238 g/mol. The van der Waals surface area contributed by atoms with Gasteiger partial charge in [0, 0.05) is 23.8 Å². The molecule has 3 N–H and O–H groups in total. The summed E-state index contributed by atoms with van der Waals surface area (Å²) in [5, 5.41) is 19.7. The summed E-state index contributed by atoms with van der Waals surface area (Å²) in [4.78, 5) is 0. The molecule has 4 heteroatoms. The zero-order valence-electron chi connectivity index (χ0n) is 11.5. The Morgan fingerprint density at radius 2 is 2.05 bits per heavy atom. The van der Waals surface area contributed by atoms with Gasteiger partial charge in [-0.2, -0.15) is 5.10 Å². The van der Waals surface area contributed by atoms with E-state index in [1.807, 2.05) is 25.3 Å². The van der Waals surface area contributed by atoms with Gasteiger partial charge < -0.3 is 10.4 Å². The van der Waals surface area contributed by atoms with Crippen LogP contribution in [-0.4, -0.2) is 21.3 Å². The molecule has 1 atom stereocenters. The third kappa shape index (κ3) is 4.10. The van der Waals surface area contributed by atoms with Crippen molar-refractivity contribution in [1.82, 2.24) is 15.5 Å². The Morgan fingerprint density at radius 1 is 1.32 bits per heavy atom. The van der Waals surface area contributed by atoms with Crippen molar-refractivity contribution in [1.29, 1.82) is 0 Å². The highest BCUT2D eigenvalue weighted by Gasteiger charge is 2.05. The average Bonchev–Trinajstić information content (AvgIpc) is 2.81. The molecule has 4 nitrogen and oxygen atoms in total. The fourth-order valence-electron chi connectivity index (χ4n) is 1.99. The van der Waals surface area contributed by atoms with Crippen molar-refractivity contribution in [2.75, 3.05) is 0 Å². The first-order chi connectivity index (χ1) is 9.15. The van der Waals surface area contributed by atoms with Crippen LogP contribution in [0, 0.1) is 6.92 Å². The molecule has 0 spiro atoms. The lowest BCUT2D eigenvalue weighted by molar-refractivity contribution is 0.474. The SMILES string of the molecule is Cc1[nH]ncc1CN[C@H](C)CCc1ccc(O)cc1. The molecule has 0 radical (unpaired) electrons. The molecule has 0 saturated heterocycles. The number of aromatic amines is 1. The van der Waals surface area contributed by atoms with Gasteiger partial charge in [0.1, 0.15) is 5.75 Å². The van der Waals surface area contributed by atoms with E-state index in [9.17, 15) is 5.11 Å². The second-order valence-corrected chi connectivity index (χ2v) is 5.01. The largest absolute Gasteiger partial charge is 0.508 e. The molecule has 102 valence electrons. The molecule has 0 amide bonds. The number of aromatic hydroxyl groups is 1. The van der Waals surface area contributed by atoms with Crippen molar-refractivity contribution >= 4 is 0 Å². The van der Waals surface area contributed by atoms with Gasteiger partial charge in [0.2, 0.25) is 0 Å². The number of nitrogens with one attached hydrogen (secondary N) is 2. The molecule has 0 bridgehead atoms. The van der Waals surface area contributed by atoms with Crippen LogP contribution < -0.4 is 5.32 Å². The molecule has 0 fully saturated rings. The molecule has 1 aromatic heterocycles. The van der Waals surface area contributed by atoms with Crippen LogP contribution in [-0.2, 0) is 13.0 Å². The molecule has 1 heterocycles. The summed E-state index contributed by atoms with van der Waals surface area (Å²) in [6.45, 7) is 5.07. The number of hydrogen-bond donors (Lipinski definition) is 3. The molecule has 2 rings (SSSR count). The molecule has 0 aliphatic carbocycles. The average molecular weight is 259 g/mol. The van der Waals surface area contributed by atoms with Crippen molar-refractivity contribution < 1.29 is 5.11 Å². The third-order valence-electron chi connectivity index (χ3n) is 3.38. The predicted molar refractivity (Wildman–Crippen MR) is 76.1 cm³/mol. The Labute approximate surface area is 113 Å². The van der Waals surface area contributed by atoms with Gasteiger partial charge in [-0.3, -0.25) is 5.10 Å². The van der Waals surface area contributed by atoms with Gasteiger partial charge >= 0.3 is 0 Å². The summed E-state index contributed by atoms with van der Waals surface area (Å²) >= 11 is 0. The van der Waals surface area contributed by atoms with Crippen LogP contribution in [0.4, 0.5) is 0 Å². The van der Waals surface area contributed by atoms with Gasteiger partial charge in [-0.1, -0.05) is 12.1 Å². The molecule has 0 saturated carbocycles. The fourth-order valence-corrected chi connectivity index (χ4v) is 1.99. The van der Waals surface area contributed by atoms with Crippen LogP contribution in [0.5, 0.6) is 5.75 Å². The summed E-state index contributed by atoms with van der Waals surface area (Å²) in [6, 6.07) is 7.87. The van der Waals surface area contributed by atoms with Crippen LogP contribution in [0.25, 0.3) is 0 Å². The van der Waals surface area contributed by atoms with Gasteiger partial charge in [0.05, 0.1) is 6.20 Å². The summed E-state index contributed by atoms with van der Waals surface area (Å²) in [7, 11) is 0. The van der Waals surface area contributed by atoms with Crippen LogP contribution in [0.3, 0.4) is 0 Å². The number of hydrogen-bond acceptors (Lipinski definition) is 3. The van der Waals surface area contributed by atoms with Gasteiger partial charge in [0.15, 0.2) is 0 Å². The standard InChI is InChI=1S/C15H21N3O/c1-11(16-9-14-10-17-18-12(14)2)3-4-13-5-7-15(19)8-6-13/h5-8,10-11,16,19H,3-4,9H2,1-2H3,(H,17,18)/t11-/m1/s1. The molecular formula is C15H21N3O. The number of rotatable bonds is 6. The Bertz CT molecular complexity index is 504. The summed E-state index contributed by atoms with van der Waals surface area (Å²) < 4.78 is 0. The molecule has 0 unspecified atom stereocenters. The van der Waals surface area contributed by atoms with E-state index in [4.69, 9.17) is 0 Å². The highest BCUT2D eigenvalue weighted by atomic mass is 16.3. The lowest BCUT2D eigenvalue weighted by Crippen LogP contribution is -2.26. The zero-order valence-corrected chi connectivity index (χ0v) is 11.5. The Morgan fingerprint density at radius 3 is 2.68 bits per heavy atom. The van der Waals surface area contributed by atoms with E-state index >= 15 is 0 Å². The van der Waals surface area contributed by atoms with Gasteiger partial charge in [0.25, 0.3) is 0 Å². The van der Waals surface area contributed by atoms with Crippen molar-refractivity contribution in [3.8, 4) is 5.75 Å². The van der Waals surface area contributed by atoms with Gasteiger partial charge in [-0.05, 0) is 44.4 Å². The summed E-state index contributed by atoms with van der Waals surface area (Å²) in [6.07, 6.45) is 3.95. The van der Waals surface area contributed by atoms with Crippen LogP contribution >= 0.6 is 0 Å². The maximum Gasteiger partial charge on any atom is 0.115 e. The molecule has 0 aliphatic rings. The Hall–Kier alpha value is -1.81. The smallest absolute Gasteiger partial charge is 0.115 e.